The van der Waals surface area contributed by atoms with E-state index in [2.05, 4.69) is 27.9 Å². The maximum absolute atomic E-state index is 12.9. The van der Waals surface area contributed by atoms with E-state index in [4.69, 9.17) is 4.74 Å². The number of rotatable bonds is 4. The molecule has 6 nitrogen and oxygen atoms in total. The molecule has 1 aliphatic rings. The highest BCUT2D eigenvalue weighted by Gasteiger charge is 2.32. The molecule has 1 fully saturated rings. The monoisotopic (exact) mass is 500 g/mol. The molecule has 1 saturated heterocycles. The molecule has 3 rings (SSSR count). The van der Waals surface area contributed by atoms with Gasteiger partial charge >= 0.3 is 0 Å². The van der Waals surface area contributed by atoms with Crippen LogP contribution in [0.5, 0.6) is 0 Å². The number of ether oxygens (including phenoxy) is 1. The Bertz CT molecular complexity index is 904. The molecule has 2 aromatic carbocycles. The minimum atomic E-state index is -3.61. The maximum atomic E-state index is 12.9. The number of nitrogens with one attached hydrogen (secondary N) is 1. The molecule has 0 aliphatic carbocycles. The number of halogens is 1. The second-order valence-corrected chi connectivity index (χ2v) is 9.75. The average molecular weight is 500 g/mol. The van der Waals surface area contributed by atoms with Crippen LogP contribution in [0.4, 0.5) is 5.69 Å². The molecule has 0 bridgehead atoms. The van der Waals surface area contributed by atoms with Crippen molar-refractivity contribution in [1.82, 2.24) is 4.31 Å². The normalized spacial score (nSPS) is 21.0. The fourth-order valence-electron chi connectivity index (χ4n) is 2.99. The quantitative estimate of drug-likeness (QED) is 0.654. The highest BCUT2D eigenvalue weighted by molar-refractivity contribution is 14.1. The van der Waals surface area contributed by atoms with Crippen LogP contribution in [0.15, 0.2) is 53.4 Å². The Balaban J connectivity index is 1.74. The summed E-state index contributed by atoms with van der Waals surface area (Å²) in [6.45, 7) is 4.36. The summed E-state index contributed by atoms with van der Waals surface area (Å²) >= 11 is 2.19. The Labute approximate surface area is 173 Å². The number of benzene rings is 2. The van der Waals surface area contributed by atoms with Crippen molar-refractivity contribution in [2.45, 2.75) is 31.0 Å². The molecule has 144 valence electrons. The van der Waals surface area contributed by atoms with Crippen molar-refractivity contribution in [2.75, 3.05) is 18.4 Å². The van der Waals surface area contributed by atoms with Crippen LogP contribution >= 0.6 is 22.6 Å². The van der Waals surface area contributed by atoms with Crippen molar-refractivity contribution < 1.29 is 17.9 Å². The molecule has 1 aliphatic heterocycles. The molecule has 0 saturated carbocycles. The van der Waals surface area contributed by atoms with Crippen molar-refractivity contribution in [3.8, 4) is 0 Å². The summed E-state index contributed by atoms with van der Waals surface area (Å²) < 4.78 is 33.8. The molecule has 1 amide bonds. The fourth-order valence-corrected chi connectivity index (χ4v) is 4.94. The van der Waals surface area contributed by atoms with E-state index in [1.807, 2.05) is 38.1 Å². The molecule has 27 heavy (non-hydrogen) atoms. The van der Waals surface area contributed by atoms with E-state index in [-0.39, 0.29) is 23.0 Å². The van der Waals surface area contributed by atoms with Gasteiger partial charge in [0.15, 0.2) is 0 Å². The Morgan fingerprint density at radius 3 is 2.15 bits per heavy atom. The number of morpholine rings is 1. The van der Waals surface area contributed by atoms with Crippen molar-refractivity contribution in [2.24, 2.45) is 0 Å². The van der Waals surface area contributed by atoms with Crippen LogP contribution in [0.2, 0.25) is 0 Å². The largest absolute Gasteiger partial charge is 0.373 e. The van der Waals surface area contributed by atoms with E-state index in [0.717, 1.165) is 3.57 Å². The zero-order chi connectivity index (χ0) is 19.6. The van der Waals surface area contributed by atoms with Crippen molar-refractivity contribution in [1.29, 1.82) is 0 Å². The van der Waals surface area contributed by atoms with E-state index >= 15 is 0 Å². The summed E-state index contributed by atoms with van der Waals surface area (Å²) in [4.78, 5) is 12.5. The van der Waals surface area contributed by atoms with Gasteiger partial charge in [0.25, 0.3) is 5.91 Å². The summed E-state index contributed by atoms with van der Waals surface area (Å²) in [5.74, 6) is -0.284. The van der Waals surface area contributed by atoms with Crippen molar-refractivity contribution >= 4 is 44.2 Å². The molecule has 8 heteroatoms. The fraction of sp³-hybridized carbons (Fsp3) is 0.316. The van der Waals surface area contributed by atoms with Crippen LogP contribution in [0.1, 0.15) is 24.2 Å². The average Bonchev–Trinajstić information content (AvgIpc) is 2.63. The van der Waals surface area contributed by atoms with Gasteiger partial charge in [-0.15, -0.1) is 0 Å². The number of amides is 1. The molecule has 1 N–H and O–H groups in total. The minimum absolute atomic E-state index is 0.150. The number of carbonyl (C=O) groups excluding carboxylic acids is 1. The van der Waals surface area contributed by atoms with Gasteiger partial charge in [0.2, 0.25) is 10.0 Å². The van der Waals surface area contributed by atoms with Gasteiger partial charge in [-0.1, -0.05) is 0 Å². The number of anilines is 1. The highest BCUT2D eigenvalue weighted by atomic mass is 127. The lowest BCUT2D eigenvalue weighted by molar-refractivity contribution is -0.0440. The lowest BCUT2D eigenvalue weighted by Gasteiger charge is -2.34. The Hall–Kier alpha value is -1.49. The Morgan fingerprint density at radius 1 is 1.04 bits per heavy atom. The van der Waals surface area contributed by atoms with Crippen LogP contribution in [-0.2, 0) is 14.8 Å². The van der Waals surface area contributed by atoms with E-state index in [1.165, 1.54) is 28.6 Å². The van der Waals surface area contributed by atoms with Crippen LogP contribution in [0, 0.1) is 3.57 Å². The summed E-state index contributed by atoms with van der Waals surface area (Å²) in [6, 6.07) is 13.4. The zero-order valence-electron chi connectivity index (χ0n) is 15.1. The molecule has 2 atom stereocenters. The first-order valence-corrected chi connectivity index (χ1v) is 11.1. The van der Waals surface area contributed by atoms with Gasteiger partial charge in [0.1, 0.15) is 0 Å². The first-order chi connectivity index (χ1) is 12.8. The molecular formula is C19H21IN2O4S. The van der Waals surface area contributed by atoms with Gasteiger partial charge in [0.05, 0.1) is 17.1 Å². The number of hydrogen-bond acceptors (Lipinski definition) is 4. The SMILES string of the molecule is C[C@@H]1CN(S(=O)(=O)c2ccc(C(=O)Nc3ccc(I)cc3)cc2)C[C@H](C)O1. The van der Waals surface area contributed by atoms with Crippen LogP contribution < -0.4 is 5.32 Å². The van der Waals surface area contributed by atoms with Crippen LogP contribution in [0.25, 0.3) is 0 Å². The number of sulfonamides is 1. The predicted molar refractivity (Wildman–Crippen MR) is 112 cm³/mol. The van der Waals surface area contributed by atoms with Gasteiger partial charge in [0, 0.05) is 27.9 Å². The smallest absolute Gasteiger partial charge is 0.255 e. The first kappa shape index (κ1) is 20.2. The third kappa shape index (κ3) is 4.87. The lowest BCUT2D eigenvalue weighted by atomic mass is 10.2. The molecule has 0 aromatic heterocycles. The predicted octanol–water partition coefficient (Wildman–Crippen LogP) is 3.34. The molecule has 2 aromatic rings. The van der Waals surface area contributed by atoms with Crippen molar-refractivity contribution in [3.63, 3.8) is 0 Å². The minimum Gasteiger partial charge on any atom is -0.373 e. The molecular weight excluding hydrogens is 479 g/mol. The third-order valence-electron chi connectivity index (χ3n) is 4.24. The number of hydrogen-bond donors (Lipinski definition) is 1. The van der Waals surface area contributed by atoms with E-state index in [0.29, 0.717) is 24.3 Å². The summed E-state index contributed by atoms with van der Waals surface area (Å²) in [5.41, 5.74) is 1.09. The number of nitrogens with zero attached hydrogens (tertiary/aromatic N) is 1. The van der Waals surface area contributed by atoms with Crippen LogP contribution in [0.3, 0.4) is 0 Å². The first-order valence-electron chi connectivity index (χ1n) is 8.58. The van der Waals surface area contributed by atoms with Gasteiger partial charge in [-0.25, -0.2) is 8.42 Å². The topological polar surface area (TPSA) is 75.7 Å². The second kappa shape index (κ2) is 8.26. The van der Waals surface area contributed by atoms with Gasteiger partial charge < -0.3 is 10.1 Å². The molecule has 0 spiro atoms. The third-order valence-corrected chi connectivity index (χ3v) is 6.81. The molecule has 0 radical (unpaired) electrons. The van der Waals surface area contributed by atoms with Gasteiger partial charge in [-0.3, -0.25) is 4.79 Å². The van der Waals surface area contributed by atoms with E-state index < -0.39 is 10.0 Å². The summed E-state index contributed by atoms with van der Waals surface area (Å²) in [7, 11) is -3.61. The molecule has 0 unspecified atom stereocenters. The zero-order valence-corrected chi connectivity index (χ0v) is 18.0. The Kier molecular flexibility index (Phi) is 6.19. The maximum Gasteiger partial charge on any atom is 0.255 e. The second-order valence-electron chi connectivity index (χ2n) is 6.56. The molecule has 1 heterocycles. The van der Waals surface area contributed by atoms with E-state index in [9.17, 15) is 13.2 Å². The summed E-state index contributed by atoms with van der Waals surface area (Å²) in [6.07, 6.45) is -0.301. The number of carbonyl (C=O) groups is 1. The van der Waals surface area contributed by atoms with Crippen molar-refractivity contribution in [3.05, 3.63) is 57.7 Å². The van der Waals surface area contributed by atoms with Crippen LogP contribution in [-0.4, -0.2) is 43.9 Å². The highest BCUT2D eigenvalue weighted by Crippen LogP contribution is 2.22. The summed E-state index contributed by atoms with van der Waals surface area (Å²) in [5, 5.41) is 2.80. The van der Waals surface area contributed by atoms with E-state index in [1.54, 1.807) is 0 Å². The lowest BCUT2D eigenvalue weighted by Crippen LogP contribution is -2.48. The Morgan fingerprint density at radius 2 is 1.59 bits per heavy atom. The van der Waals surface area contributed by atoms with Gasteiger partial charge in [-0.05, 0) is 85.0 Å². The standard InChI is InChI=1S/C19H21IN2O4S/c1-13-11-22(12-14(2)26-13)27(24,25)18-9-3-15(4-10-18)19(23)21-17-7-5-16(20)6-8-17/h3-10,13-14H,11-12H2,1-2H3,(H,21,23)/t13-,14+. The van der Waals surface area contributed by atoms with Gasteiger partial charge in [-0.2, -0.15) is 4.31 Å².